The highest BCUT2D eigenvalue weighted by Crippen LogP contribution is 2.26. The highest BCUT2D eigenvalue weighted by atomic mass is 35.5. The number of hydrogen-bond acceptors (Lipinski definition) is 3. The van der Waals surface area contributed by atoms with Gasteiger partial charge < -0.3 is 0 Å². The van der Waals surface area contributed by atoms with Crippen molar-refractivity contribution in [2.24, 2.45) is 11.0 Å². The molecule has 110 valence electrons. The van der Waals surface area contributed by atoms with Gasteiger partial charge in [0.15, 0.2) is 5.82 Å². The minimum Gasteiger partial charge on any atom is -0.250 e. The number of H-pyrrole nitrogens is 1. The van der Waals surface area contributed by atoms with Crippen LogP contribution >= 0.6 is 23.8 Å². The van der Waals surface area contributed by atoms with Gasteiger partial charge in [-0.2, -0.15) is 14.9 Å². The largest absolute Gasteiger partial charge is 0.250 e. The molecule has 1 N–H and O–H groups in total. The minimum absolute atomic E-state index is 0.483. The summed E-state index contributed by atoms with van der Waals surface area (Å²) in [5.41, 5.74) is 0.826. The third kappa shape index (κ3) is 3.24. The van der Waals surface area contributed by atoms with Crippen molar-refractivity contribution in [3.05, 3.63) is 34.1 Å². The summed E-state index contributed by atoms with van der Waals surface area (Å²) in [5.74, 6) is 1.19. The Hall–Kier alpha value is -1.46. The monoisotopic (exact) mass is 320 g/mol. The van der Waals surface area contributed by atoms with E-state index in [0.717, 1.165) is 5.56 Å². The van der Waals surface area contributed by atoms with Gasteiger partial charge >= 0.3 is 0 Å². The molecule has 1 aromatic carbocycles. The first-order chi connectivity index (χ1) is 10.3. The van der Waals surface area contributed by atoms with Gasteiger partial charge in [0.1, 0.15) is 0 Å². The van der Waals surface area contributed by atoms with Crippen LogP contribution in [0.4, 0.5) is 0 Å². The van der Waals surface area contributed by atoms with Crippen LogP contribution in [0, 0.1) is 10.7 Å². The molecule has 2 aromatic rings. The van der Waals surface area contributed by atoms with Gasteiger partial charge in [-0.15, -0.1) is 0 Å². The molecule has 0 aliphatic heterocycles. The van der Waals surface area contributed by atoms with Gasteiger partial charge in [0, 0.05) is 11.8 Å². The van der Waals surface area contributed by atoms with E-state index in [9.17, 15) is 0 Å². The van der Waals surface area contributed by atoms with E-state index < -0.39 is 0 Å². The van der Waals surface area contributed by atoms with Crippen LogP contribution in [-0.4, -0.2) is 21.1 Å². The molecule has 0 amide bonds. The Morgan fingerprint density at radius 2 is 2.05 bits per heavy atom. The van der Waals surface area contributed by atoms with Crippen molar-refractivity contribution in [1.82, 2.24) is 14.9 Å². The lowest BCUT2D eigenvalue weighted by Crippen LogP contribution is -2.08. The fraction of sp³-hybridized carbons (Fsp3) is 0.400. The molecule has 0 bridgehead atoms. The molecule has 3 rings (SSSR count). The summed E-state index contributed by atoms with van der Waals surface area (Å²) in [4.78, 5) is 0. The molecule has 1 aromatic heterocycles. The van der Waals surface area contributed by atoms with Gasteiger partial charge in [0.05, 0.1) is 5.02 Å². The quantitative estimate of drug-likeness (QED) is 0.659. The second-order valence-electron chi connectivity index (χ2n) is 5.31. The lowest BCUT2D eigenvalue weighted by atomic mass is 9.90. The third-order valence-corrected chi connectivity index (χ3v) is 4.40. The molecule has 0 saturated heterocycles. The van der Waals surface area contributed by atoms with Crippen LogP contribution in [-0.2, 0) is 0 Å². The third-order valence-electron chi connectivity index (χ3n) is 3.81. The zero-order chi connectivity index (χ0) is 14.7. The zero-order valence-electron chi connectivity index (χ0n) is 11.6. The van der Waals surface area contributed by atoms with Crippen molar-refractivity contribution in [3.8, 4) is 11.4 Å². The molecule has 0 atom stereocenters. The number of hydrogen-bond donors (Lipinski definition) is 1. The Kier molecular flexibility index (Phi) is 4.51. The highest BCUT2D eigenvalue weighted by molar-refractivity contribution is 7.71. The van der Waals surface area contributed by atoms with Gasteiger partial charge in [-0.25, -0.2) is 5.10 Å². The molecule has 1 fully saturated rings. The van der Waals surface area contributed by atoms with E-state index in [2.05, 4.69) is 15.3 Å². The number of benzene rings is 1. The number of aromatic nitrogens is 3. The van der Waals surface area contributed by atoms with Crippen LogP contribution in [0.5, 0.6) is 0 Å². The van der Waals surface area contributed by atoms with E-state index >= 15 is 0 Å². The fourth-order valence-electron chi connectivity index (χ4n) is 2.66. The summed E-state index contributed by atoms with van der Waals surface area (Å²) in [6, 6.07) is 7.57. The van der Waals surface area contributed by atoms with Crippen LogP contribution in [0.15, 0.2) is 29.4 Å². The Morgan fingerprint density at radius 3 is 2.81 bits per heavy atom. The Bertz CT molecular complexity index is 698. The maximum absolute atomic E-state index is 6.24. The summed E-state index contributed by atoms with van der Waals surface area (Å²) in [6.45, 7) is 0. The Labute approximate surface area is 133 Å². The van der Waals surface area contributed by atoms with Crippen LogP contribution in [0.25, 0.3) is 11.4 Å². The molecular weight excluding hydrogens is 304 g/mol. The van der Waals surface area contributed by atoms with Crippen molar-refractivity contribution >= 4 is 30.0 Å². The van der Waals surface area contributed by atoms with Crippen molar-refractivity contribution in [3.63, 3.8) is 0 Å². The number of halogens is 1. The molecule has 1 aliphatic carbocycles. The molecule has 1 heterocycles. The summed E-state index contributed by atoms with van der Waals surface area (Å²) in [7, 11) is 0. The normalized spacial score (nSPS) is 16.6. The summed E-state index contributed by atoms with van der Waals surface area (Å²) in [6.07, 6.45) is 8.31. The molecular formula is C15H17ClN4S. The first kappa shape index (κ1) is 14.5. The van der Waals surface area contributed by atoms with Gasteiger partial charge in [-0.3, -0.25) is 0 Å². The number of rotatable bonds is 3. The second-order valence-corrected chi connectivity index (χ2v) is 6.10. The Balaban J connectivity index is 1.92. The predicted molar refractivity (Wildman–Crippen MR) is 88.3 cm³/mol. The SMILES string of the molecule is S=c1[nH]nc(-c2ccccc2Cl)n1/N=C\C1CCCCC1. The van der Waals surface area contributed by atoms with Crippen molar-refractivity contribution < 1.29 is 0 Å². The molecule has 1 aliphatic rings. The van der Waals surface area contributed by atoms with Crippen LogP contribution in [0.2, 0.25) is 5.02 Å². The molecule has 4 nitrogen and oxygen atoms in total. The predicted octanol–water partition coefficient (Wildman–Crippen LogP) is 4.68. The molecule has 21 heavy (non-hydrogen) atoms. The van der Waals surface area contributed by atoms with Gasteiger partial charge in [0.25, 0.3) is 0 Å². The number of aromatic amines is 1. The van der Waals surface area contributed by atoms with E-state index in [0.29, 0.717) is 21.5 Å². The van der Waals surface area contributed by atoms with Gasteiger partial charge in [0.2, 0.25) is 4.77 Å². The maximum atomic E-state index is 6.24. The van der Waals surface area contributed by atoms with E-state index in [1.54, 1.807) is 4.68 Å². The smallest absolute Gasteiger partial charge is 0.216 e. The lowest BCUT2D eigenvalue weighted by molar-refractivity contribution is 0.443. The fourth-order valence-corrected chi connectivity index (χ4v) is 3.06. The number of nitrogens with one attached hydrogen (secondary N) is 1. The highest BCUT2D eigenvalue weighted by Gasteiger charge is 2.13. The minimum atomic E-state index is 0.483. The van der Waals surface area contributed by atoms with E-state index in [-0.39, 0.29) is 0 Å². The van der Waals surface area contributed by atoms with E-state index in [1.165, 1.54) is 32.1 Å². The first-order valence-corrected chi connectivity index (χ1v) is 8.01. The van der Waals surface area contributed by atoms with E-state index in [4.69, 9.17) is 23.8 Å². The Morgan fingerprint density at radius 1 is 1.29 bits per heavy atom. The lowest BCUT2D eigenvalue weighted by Gasteiger charge is -2.16. The molecule has 6 heteroatoms. The van der Waals surface area contributed by atoms with E-state index in [1.807, 2.05) is 30.5 Å². The zero-order valence-corrected chi connectivity index (χ0v) is 13.2. The van der Waals surface area contributed by atoms with Crippen LogP contribution in [0.1, 0.15) is 32.1 Å². The number of nitrogens with zero attached hydrogens (tertiary/aromatic N) is 3. The van der Waals surface area contributed by atoms with Crippen LogP contribution in [0.3, 0.4) is 0 Å². The summed E-state index contributed by atoms with van der Waals surface area (Å²) < 4.78 is 2.14. The second kappa shape index (κ2) is 6.54. The average Bonchev–Trinajstić information content (AvgIpc) is 2.88. The van der Waals surface area contributed by atoms with Gasteiger partial charge in [-0.1, -0.05) is 43.0 Å². The molecule has 1 saturated carbocycles. The molecule has 0 radical (unpaired) electrons. The maximum Gasteiger partial charge on any atom is 0.216 e. The summed E-state index contributed by atoms with van der Waals surface area (Å²) in [5, 5.41) is 12.2. The van der Waals surface area contributed by atoms with Gasteiger partial charge in [-0.05, 0) is 43.1 Å². The van der Waals surface area contributed by atoms with Crippen molar-refractivity contribution in [1.29, 1.82) is 0 Å². The topological polar surface area (TPSA) is 46.0 Å². The molecule has 0 unspecified atom stereocenters. The summed E-state index contributed by atoms with van der Waals surface area (Å²) >= 11 is 11.5. The standard InChI is InChI=1S/C15H17ClN4S/c16-13-9-5-4-8-12(13)14-18-19-15(21)20(14)17-10-11-6-2-1-3-7-11/h4-5,8-11H,1-3,6-7H2,(H,19,21)/b17-10-. The van der Waals surface area contributed by atoms with Crippen molar-refractivity contribution in [2.75, 3.05) is 0 Å². The average molecular weight is 321 g/mol. The van der Waals surface area contributed by atoms with Crippen LogP contribution < -0.4 is 0 Å². The first-order valence-electron chi connectivity index (χ1n) is 7.22. The van der Waals surface area contributed by atoms with Crippen molar-refractivity contribution in [2.45, 2.75) is 32.1 Å². The molecule has 0 spiro atoms.